The summed E-state index contributed by atoms with van der Waals surface area (Å²) in [5.41, 5.74) is 2.08. The number of aryl methyl sites for hydroxylation is 1. The van der Waals surface area contributed by atoms with Crippen molar-refractivity contribution < 1.29 is 23.5 Å². The topological polar surface area (TPSA) is 84.5 Å². The number of nitrogens with one attached hydrogen (secondary N) is 2. The highest BCUT2D eigenvalue weighted by Gasteiger charge is 2.23. The van der Waals surface area contributed by atoms with Gasteiger partial charge in [0.1, 0.15) is 11.9 Å². The third-order valence-corrected chi connectivity index (χ3v) is 4.02. The molecule has 2 aromatic carbocycles. The summed E-state index contributed by atoms with van der Waals surface area (Å²) >= 11 is 0. The number of hydrogen-bond acceptors (Lipinski definition) is 4. The Morgan fingerprint density at radius 2 is 1.75 bits per heavy atom. The summed E-state index contributed by atoms with van der Waals surface area (Å²) in [5.74, 6) is -1.97. The number of benzene rings is 2. The predicted molar refractivity (Wildman–Crippen MR) is 102 cm³/mol. The first kappa shape index (κ1) is 21.1. The molecule has 2 atom stereocenters. The van der Waals surface area contributed by atoms with Crippen LogP contribution in [0.5, 0.6) is 0 Å². The van der Waals surface area contributed by atoms with Crippen molar-refractivity contribution in [2.45, 2.75) is 39.5 Å². The monoisotopic (exact) mass is 386 g/mol. The van der Waals surface area contributed by atoms with Gasteiger partial charge in [0.2, 0.25) is 0 Å². The van der Waals surface area contributed by atoms with Crippen molar-refractivity contribution in [1.82, 2.24) is 10.6 Å². The normalized spacial score (nSPS) is 12.6. The minimum Gasteiger partial charge on any atom is -0.451 e. The molecule has 6 nitrogen and oxygen atoms in total. The van der Waals surface area contributed by atoms with E-state index in [1.165, 1.54) is 26.0 Å². The van der Waals surface area contributed by atoms with E-state index in [2.05, 4.69) is 10.6 Å². The lowest BCUT2D eigenvalue weighted by Crippen LogP contribution is -2.43. The molecule has 0 aliphatic heterocycles. The maximum atomic E-state index is 12.9. The number of carbonyl (C=O) groups excluding carboxylic acids is 3. The number of esters is 1. The SMILES string of the molecule is Cc1cccc(C(=O)N[C@@H](C)C(=O)O[C@H](C)C(=O)NCc2ccc(F)cc2)c1. The van der Waals surface area contributed by atoms with Gasteiger partial charge in [-0.15, -0.1) is 0 Å². The molecule has 0 saturated carbocycles. The van der Waals surface area contributed by atoms with E-state index in [9.17, 15) is 18.8 Å². The third kappa shape index (κ3) is 6.19. The standard InChI is InChI=1S/C21H23FN2O4/c1-13-5-4-6-17(11-13)20(26)24-14(2)21(27)28-15(3)19(25)23-12-16-7-9-18(22)10-8-16/h4-11,14-15H,12H2,1-3H3,(H,23,25)(H,24,26)/t14-,15+/m0/s1. The van der Waals surface area contributed by atoms with Crippen LogP contribution in [0.4, 0.5) is 4.39 Å². The average molecular weight is 386 g/mol. The van der Waals surface area contributed by atoms with E-state index in [-0.39, 0.29) is 12.4 Å². The lowest BCUT2D eigenvalue weighted by atomic mass is 10.1. The van der Waals surface area contributed by atoms with E-state index in [0.29, 0.717) is 11.1 Å². The molecular weight excluding hydrogens is 363 g/mol. The fourth-order valence-electron chi connectivity index (χ4n) is 2.39. The molecule has 0 fully saturated rings. The molecule has 7 heteroatoms. The molecule has 0 bridgehead atoms. The zero-order chi connectivity index (χ0) is 20.7. The summed E-state index contributed by atoms with van der Waals surface area (Å²) in [6.45, 7) is 4.97. The summed E-state index contributed by atoms with van der Waals surface area (Å²) in [6, 6.07) is 11.7. The molecule has 2 N–H and O–H groups in total. The fraction of sp³-hybridized carbons (Fsp3) is 0.286. The van der Waals surface area contributed by atoms with Crippen LogP contribution in [0.2, 0.25) is 0 Å². The first-order valence-electron chi connectivity index (χ1n) is 8.86. The van der Waals surface area contributed by atoms with Gasteiger partial charge in [0.05, 0.1) is 0 Å². The molecule has 2 aromatic rings. The second kappa shape index (κ2) is 9.64. The van der Waals surface area contributed by atoms with Gasteiger partial charge in [-0.3, -0.25) is 9.59 Å². The molecule has 0 spiro atoms. The van der Waals surface area contributed by atoms with Crippen LogP contribution >= 0.6 is 0 Å². The Balaban J connectivity index is 1.82. The van der Waals surface area contributed by atoms with Crippen molar-refractivity contribution in [1.29, 1.82) is 0 Å². The van der Waals surface area contributed by atoms with Gasteiger partial charge in [0.15, 0.2) is 6.10 Å². The molecule has 2 rings (SSSR count). The van der Waals surface area contributed by atoms with Gasteiger partial charge in [-0.05, 0) is 50.6 Å². The Morgan fingerprint density at radius 3 is 2.39 bits per heavy atom. The maximum absolute atomic E-state index is 12.9. The largest absolute Gasteiger partial charge is 0.451 e. The first-order valence-corrected chi connectivity index (χ1v) is 8.86. The van der Waals surface area contributed by atoms with Crippen molar-refractivity contribution in [2.24, 2.45) is 0 Å². The fourth-order valence-corrected chi connectivity index (χ4v) is 2.39. The Kier molecular flexibility index (Phi) is 7.26. The van der Waals surface area contributed by atoms with Gasteiger partial charge in [0, 0.05) is 12.1 Å². The summed E-state index contributed by atoms with van der Waals surface area (Å²) < 4.78 is 18.0. The van der Waals surface area contributed by atoms with Gasteiger partial charge >= 0.3 is 5.97 Å². The highest BCUT2D eigenvalue weighted by molar-refractivity contribution is 5.97. The van der Waals surface area contributed by atoms with Crippen molar-refractivity contribution in [3.05, 3.63) is 71.0 Å². The Morgan fingerprint density at radius 1 is 1.07 bits per heavy atom. The van der Waals surface area contributed by atoms with Crippen LogP contribution in [-0.2, 0) is 20.9 Å². The molecule has 2 amide bonds. The molecule has 28 heavy (non-hydrogen) atoms. The van der Waals surface area contributed by atoms with Crippen LogP contribution in [0.25, 0.3) is 0 Å². The van der Waals surface area contributed by atoms with Crippen molar-refractivity contribution in [2.75, 3.05) is 0 Å². The summed E-state index contributed by atoms with van der Waals surface area (Å²) in [7, 11) is 0. The maximum Gasteiger partial charge on any atom is 0.329 e. The van der Waals surface area contributed by atoms with E-state index in [1.807, 2.05) is 13.0 Å². The number of amides is 2. The van der Waals surface area contributed by atoms with E-state index in [1.54, 1.807) is 30.3 Å². The van der Waals surface area contributed by atoms with Crippen molar-refractivity contribution >= 4 is 17.8 Å². The zero-order valence-corrected chi connectivity index (χ0v) is 16.0. The lowest BCUT2D eigenvalue weighted by Gasteiger charge is -2.17. The van der Waals surface area contributed by atoms with Crippen LogP contribution in [0, 0.1) is 12.7 Å². The number of carbonyl (C=O) groups is 3. The molecule has 0 aromatic heterocycles. The molecular formula is C21H23FN2O4. The lowest BCUT2D eigenvalue weighted by molar-refractivity contribution is -0.156. The molecule has 0 heterocycles. The van der Waals surface area contributed by atoms with E-state index in [0.717, 1.165) is 5.56 Å². The van der Waals surface area contributed by atoms with E-state index in [4.69, 9.17) is 4.74 Å². The highest BCUT2D eigenvalue weighted by Crippen LogP contribution is 2.06. The minimum atomic E-state index is -1.04. The van der Waals surface area contributed by atoms with E-state index < -0.39 is 29.9 Å². The van der Waals surface area contributed by atoms with Crippen LogP contribution in [0.1, 0.15) is 35.3 Å². The third-order valence-electron chi connectivity index (χ3n) is 4.02. The van der Waals surface area contributed by atoms with Crippen molar-refractivity contribution in [3.63, 3.8) is 0 Å². The summed E-state index contributed by atoms with van der Waals surface area (Å²) in [4.78, 5) is 36.4. The van der Waals surface area contributed by atoms with E-state index >= 15 is 0 Å². The molecule has 0 radical (unpaired) electrons. The van der Waals surface area contributed by atoms with Crippen LogP contribution in [0.15, 0.2) is 48.5 Å². The predicted octanol–water partition coefficient (Wildman–Crippen LogP) is 2.50. The number of ether oxygens (including phenoxy) is 1. The second-order valence-electron chi connectivity index (χ2n) is 6.49. The van der Waals surface area contributed by atoms with Gasteiger partial charge < -0.3 is 15.4 Å². The summed E-state index contributed by atoms with van der Waals surface area (Å²) in [6.07, 6.45) is -1.04. The highest BCUT2D eigenvalue weighted by atomic mass is 19.1. The summed E-state index contributed by atoms with van der Waals surface area (Å²) in [5, 5.41) is 5.16. The van der Waals surface area contributed by atoms with Crippen LogP contribution in [0.3, 0.4) is 0 Å². The number of rotatable bonds is 7. The van der Waals surface area contributed by atoms with Gasteiger partial charge in [-0.2, -0.15) is 0 Å². The van der Waals surface area contributed by atoms with Gasteiger partial charge in [-0.25, -0.2) is 9.18 Å². The average Bonchev–Trinajstić information content (AvgIpc) is 2.67. The molecule has 0 aliphatic rings. The molecule has 148 valence electrons. The number of halogens is 1. The smallest absolute Gasteiger partial charge is 0.329 e. The zero-order valence-electron chi connectivity index (χ0n) is 16.0. The Bertz CT molecular complexity index is 852. The van der Waals surface area contributed by atoms with Gasteiger partial charge in [-0.1, -0.05) is 29.8 Å². The minimum absolute atomic E-state index is 0.181. The second-order valence-corrected chi connectivity index (χ2v) is 6.49. The van der Waals surface area contributed by atoms with Crippen LogP contribution < -0.4 is 10.6 Å². The molecule has 0 saturated heterocycles. The van der Waals surface area contributed by atoms with Crippen molar-refractivity contribution in [3.8, 4) is 0 Å². The quantitative estimate of drug-likeness (QED) is 0.716. The molecule has 0 unspecified atom stereocenters. The van der Waals surface area contributed by atoms with Gasteiger partial charge in [0.25, 0.3) is 11.8 Å². The van der Waals surface area contributed by atoms with Crippen LogP contribution in [-0.4, -0.2) is 29.9 Å². The first-order chi connectivity index (χ1) is 13.3. The number of hydrogen-bond donors (Lipinski definition) is 2. The Hall–Kier alpha value is -3.22. The Labute approximate surface area is 163 Å². The molecule has 0 aliphatic carbocycles.